The van der Waals surface area contributed by atoms with Gasteiger partial charge in [0.05, 0.1) is 5.69 Å². The first-order valence-corrected chi connectivity index (χ1v) is 7.35. The van der Waals surface area contributed by atoms with Crippen LogP contribution < -0.4 is 4.90 Å². The summed E-state index contributed by atoms with van der Waals surface area (Å²) in [6, 6.07) is 2.63. The smallest absolute Gasteiger partial charge is 0.237 e. The van der Waals surface area contributed by atoms with Crippen molar-refractivity contribution in [3.8, 4) is 0 Å². The highest BCUT2D eigenvalue weighted by molar-refractivity contribution is 8.14. The molecule has 0 saturated carbocycles. The standard InChI is InChI=1S/C10H8ClF2NO3S/c11-18(16,17)7-4-10(15)14(5-7)9-3-6(12)1-2-8(9)13/h1-3,7H,4-5H2. The van der Waals surface area contributed by atoms with Gasteiger partial charge in [-0.25, -0.2) is 17.2 Å². The third kappa shape index (κ3) is 2.46. The van der Waals surface area contributed by atoms with E-state index in [1.165, 1.54) is 0 Å². The Morgan fingerprint density at radius 1 is 1.33 bits per heavy atom. The predicted octanol–water partition coefficient (Wildman–Crippen LogP) is 1.64. The zero-order valence-corrected chi connectivity index (χ0v) is 10.5. The van der Waals surface area contributed by atoms with Gasteiger partial charge in [0.25, 0.3) is 0 Å². The molecule has 0 aliphatic carbocycles. The third-order valence-electron chi connectivity index (χ3n) is 2.69. The second kappa shape index (κ2) is 4.47. The van der Waals surface area contributed by atoms with Crippen molar-refractivity contribution in [2.75, 3.05) is 11.4 Å². The predicted molar refractivity (Wildman–Crippen MR) is 61.9 cm³/mol. The Hall–Kier alpha value is -1.21. The minimum Gasteiger partial charge on any atom is -0.308 e. The van der Waals surface area contributed by atoms with Gasteiger partial charge in [0.2, 0.25) is 15.0 Å². The van der Waals surface area contributed by atoms with Crippen molar-refractivity contribution in [3.63, 3.8) is 0 Å². The maximum atomic E-state index is 13.5. The van der Waals surface area contributed by atoms with Gasteiger partial charge >= 0.3 is 0 Å². The molecule has 1 amide bonds. The molecule has 18 heavy (non-hydrogen) atoms. The Morgan fingerprint density at radius 2 is 2.00 bits per heavy atom. The van der Waals surface area contributed by atoms with E-state index in [0.29, 0.717) is 0 Å². The number of hydrogen-bond acceptors (Lipinski definition) is 3. The van der Waals surface area contributed by atoms with Crippen molar-refractivity contribution in [1.82, 2.24) is 0 Å². The highest BCUT2D eigenvalue weighted by Gasteiger charge is 2.38. The second-order valence-electron chi connectivity index (χ2n) is 3.90. The number of nitrogens with zero attached hydrogens (tertiary/aromatic N) is 1. The Balaban J connectivity index is 2.35. The van der Waals surface area contributed by atoms with Crippen LogP contribution in [0.4, 0.5) is 14.5 Å². The Morgan fingerprint density at radius 3 is 2.56 bits per heavy atom. The molecule has 4 nitrogen and oxygen atoms in total. The normalized spacial score (nSPS) is 20.5. The zero-order chi connectivity index (χ0) is 13.5. The van der Waals surface area contributed by atoms with Gasteiger partial charge in [-0.05, 0) is 12.1 Å². The molecule has 1 aromatic rings. The van der Waals surface area contributed by atoms with Crippen molar-refractivity contribution >= 4 is 31.3 Å². The number of benzene rings is 1. The van der Waals surface area contributed by atoms with Crippen LogP contribution >= 0.6 is 10.7 Å². The van der Waals surface area contributed by atoms with Gasteiger partial charge < -0.3 is 4.90 Å². The van der Waals surface area contributed by atoms with Crippen LogP contribution in [0, 0.1) is 11.6 Å². The van der Waals surface area contributed by atoms with E-state index in [9.17, 15) is 22.0 Å². The first kappa shape index (κ1) is 13.2. The van der Waals surface area contributed by atoms with E-state index in [2.05, 4.69) is 0 Å². The van der Waals surface area contributed by atoms with Crippen LogP contribution in [0.5, 0.6) is 0 Å². The lowest BCUT2D eigenvalue weighted by Gasteiger charge is -2.16. The highest BCUT2D eigenvalue weighted by atomic mass is 35.7. The van der Waals surface area contributed by atoms with Gasteiger partial charge in [-0.2, -0.15) is 0 Å². The van der Waals surface area contributed by atoms with Crippen molar-refractivity contribution in [1.29, 1.82) is 0 Å². The summed E-state index contributed by atoms with van der Waals surface area (Å²) in [4.78, 5) is 12.5. The van der Waals surface area contributed by atoms with E-state index in [-0.39, 0.29) is 18.7 Å². The van der Waals surface area contributed by atoms with Crippen LogP contribution in [0.2, 0.25) is 0 Å². The fraction of sp³-hybridized carbons (Fsp3) is 0.300. The quantitative estimate of drug-likeness (QED) is 0.780. The molecular formula is C10H8ClF2NO3S. The number of rotatable bonds is 2. The van der Waals surface area contributed by atoms with E-state index >= 15 is 0 Å². The summed E-state index contributed by atoms with van der Waals surface area (Å²) in [7, 11) is 1.25. The molecule has 1 atom stereocenters. The average molecular weight is 296 g/mol. The van der Waals surface area contributed by atoms with Crippen LogP contribution in [0.3, 0.4) is 0 Å². The van der Waals surface area contributed by atoms with E-state index < -0.39 is 31.8 Å². The molecule has 1 aliphatic heterocycles. The number of anilines is 1. The van der Waals surface area contributed by atoms with E-state index in [1.54, 1.807) is 0 Å². The summed E-state index contributed by atoms with van der Waals surface area (Å²) in [5, 5.41) is -1.10. The van der Waals surface area contributed by atoms with Gasteiger partial charge in [0, 0.05) is 29.7 Å². The minimum absolute atomic E-state index is 0.273. The topological polar surface area (TPSA) is 54.5 Å². The molecule has 1 aromatic carbocycles. The van der Waals surface area contributed by atoms with E-state index in [0.717, 1.165) is 23.1 Å². The molecule has 8 heteroatoms. The van der Waals surface area contributed by atoms with Crippen molar-refractivity contribution in [2.45, 2.75) is 11.7 Å². The molecule has 0 N–H and O–H groups in total. The largest absolute Gasteiger partial charge is 0.308 e. The molecule has 1 unspecified atom stereocenters. The SMILES string of the molecule is O=C1CC(S(=O)(=O)Cl)CN1c1cc(F)ccc1F. The molecule has 1 heterocycles. The van der Waals surface area contributed by atoms with Gasteiger partial charge in [-0.3, -0.25) is 4.79 Å². The van der Waals surface area contributed by atoms with Gasteiger partial charge in [-0.15, -0.1) is 0 Å². The fourth-order valence-corrected chi connectivity index (χ4v) is 2.82. The van der Waals surface area contributed by atoms with Crippen LogP contribution in [0.15, 0.2) is 18.2 Å². The summed E-state index contributed by atoms with van der Waals surface area (Å²) in [6.07, 6.45) is -0.332. The van der Waals surface area contributed by atoms with Gasteiger partial charge in [0.1, 0.15) is 16.9 Å². The third-order valence-corrected chi connectivity index (χ3v) is 4.55. The number of carbonyl (C=O) groups excluding carboxylic acids is 1. The van der Waals surface area contributed by atoms with Crippen LogP contribution in [0.25, 0.3) is 0 Å². The molecule has 1 fully saturated rings. The first-order valence-electron chi connectivity index (χ1n) is 4.98. The van der Waals surface area contributed by atoms with Crippen molar-refractivity contribution < 1.29 is 22.0 Å². The lowest BCUT2D eigenvalue weighted by atomic mass is 10.2. The Kier molecular flexibility index (Phi) is 3.29. The number of amides is 1. The van der Waals surface area contributed by atoms with Crippen LogP contribution in [0.1, 0.15) is 6.42 Å². The monoisotopic (exact) mass is 295 g/mol. The molecule has 0 aromatic heterocycles. The number of hydrogen-bond donors (Lipinski definition) is 0. The maximum Gasteiger partial charge on any atom is 0.237 e. The van der Waals surface area contributed by atoms with Gasteiger partial charge in [-0.1, -0.05) is 0 Å². The van der Waals surface area contributed by atoms with E-state index in [4.69, 9.17) is 10.7 Å². The fourth-order valence-electron chi connectivity index (χ4n) is 1.79. The molecule has 98 valence electrons. The zero-order valence-electron chi connectivity index (χ0n) is 8.94. The maximum absolute atomic E-state index is 13.5. The Labute approximate surface area is 107 Å². The van der Waals surface area contributed by atoms with Crippen LogP contribution in [-0.2, 0) is 13.8 Å². The molecule has 0 spiro atoms. The van der Waals surface area contributed by atoms with Crippen LogP contribution in [-0.4, -0.2) is 26.1 Å². The molecule has 0 radical (unpaired) electrons. The number of halogens is 3. The molecule has 1 aliphatic rings. The molecule has 2 rings (SSSR count). The first-order chi connectivity index (χ1) is 8.29. The van der Waals surface area contributed by atoms with Gasteiger partial charge in [0.15, 0.2) is 0 Å². The summed E-state index contributed by atoms with van der Waals surface area (Å²) in [5.74, 6) is -2.11. The van der Waals surface area contributed by atoms with Crippen molar-refractivity contribution in [3.05, 3.63) is 29.8 Å². The Bertz CT molecular complexity index is 605. The summed E-state index contributed by atoms with van der Waals surface area (Å²) >= 11 is 0. The molecule has 0 bridgehead atoms. The molecule has 1 saturated heterocycles. The summed E-state index contributed by atoms with van der Waals surface area (Å²) in [5.41, 5.74) is -0.275. The lowest BCUT2D eigenvalue weighted by Crippen LogP contribution is -2.27. The molecular weight excluding hydrogens is 288 g/mol. The highest BCUT2D eigenvalue weighted by Crippen LogP contribution is 2.29. The lowest BCUT2D eigenvalue weighted by molar-refractivity contribution is -0.117. The second-order valence-corrected chi connectivity index (χ2v) is 6.81. The average Bonchev–Trinajstić information content (AvgIpc) is 2.64. The minimum atomic E-state index is -3.91. The summed E-state index contributed by atoms with van der Waals surface area (Å²) < 4.78 is 48.7. The van der Waals surface area contributed by atoms with E-state index in [1.807, 2.05) is 0 Å². The number of carbonyl (C=O) groups is 1. The van der Waals surface area contributed by atoms with Crippen molar-refractivity contribution in [2.24, 2.45) is 0 Å². The summed E-state index contributed by atoms with van der Waals surface area (Å²) in [6.45, 7) is -0.273.